The molecule has 0 radical (unpaired) electrons. The van der Waals surface area contributed by atoms with Crippen LogP contribution in [0.3, 0.4) is 0 Å². The molecule has 0 aliphatic carbocycles. The number of rotatable bonds is 2. The van der Waals surface area contributed by atoms with E-state index in [1.54, 1.807) is 7.11 Å². The molecule has 0 aliphatic rings. The first kappa shape index (κ1) is 11.1. The molecule has 1 aromatic rings. The SMILES string of the molecule is COc1cc(C(C)(C)N)cc(C)c1C. The normalized spacial score (nSPS) is 11.6. The Bertz CT molecular complexity index is 337. The summed E-state index contributed by atoms with van der Waals surface area (Å²) in [5, 5.41) is 0. The standard InChI is InChI=1S/C12H19NO/c1-8-6-10(12(3,4)13)7-11(14-5)9(8)2/h6-7H,13H2,1-5H3. The van der Waals surface area contributed by atoms with Crippen molar-refractivity contribution >= 4 is 0 Å². The fourth-order valence-electron chi connectivity index (χ4n) is 1.41. The second-order valence-electron chi connectivity index (χ2n) is 4.34. The first-order valence-corrected chi connectivity index (χ1v) is 4.81. The largest absolute Gasteiger partial charge is 0.496 e. The molecule has 0 aromatic heterocycles. The Labute approximate surface area is 86.1 Å². The molecule has 0 bridgehead atoms. The summed E-state index contributed by atoms with van der Waals surface area (Å²) in [5.74, 6) is 0.915. The maximum atomic E-state index is 6.04. The topological polar surface area (TPSA) is 35.2 Å². The minimum atomic E-state index is -0.314. The summed E-state index contributed by atoms with van der Waals surface area (Å²) in [7, 11) is 1.69. The molecule has 0 spiro atoms. The smallest absolute Gasteiger partial charge is 0.122 e. The summed E-state index contributed by atoms with van der Waals surface area (Å²) in [5.41, 5.74) is 9.24. The van der Waals surface area contributed by atoms with Gasteiger partial charge >= 0.3 is 0 Å². The van der Waals surface area contributed by atoms with Gasteiger partial charge in [0.25, 0.3) is 0 Å². The molecule has 2 N–H and O–H groups in total. The summed E-state index contributed by atoms with van der Waals surface area (Å²) in [6, 6.07) is 4.14. The van der Waals surface area contributed by atoms with Gasteiger partial charge in [-0.05, 0) is 50.5 Å². The Balaban J connectivity index is 3.30. The van der Waals surface area contributed by atoms with Gasteiger partial charge in [0.1, 0.15) is 5.75 Å². The molecule has 0 amide bonds. The molecule has 2 heteroatoms. The zero-order chi connectivity index (χ0) is 10.9. The molecule has 2 nitrogen and oxygen atoms in total. The van der Waals surface area contributed by atoms with E-state index < -0.39 is 0 Å². The van der Waals surface area contributed by atoms with E-state index in [-0.39, 0.29) is 5.54 Å². The van der Waals surface area contributed by atoms with Crippen LogP contribution in [0.25, 0.3) is 0 Å². The summed E-state index contributed by atoms with van der Waals surface area (Å²) in [4.78, 5) is 0. The van der Waals surface area contributed by atoms with Gasteiger partial charge in [-0.2, -0.15) is 0 Å². The van der Waals surface area contributed by atoms with Gasteiger partial charge in [-0.25, -0.2) is 0 Å². The Morgan fingerprint density at radius 2 is 1.79 bits per heavy atom. The number of nitrogens with two attached hydrogens (primary N) is 1. The highest BCUT2D eigenvalue weighted by Gasteiger charge is 2.16. The van der Waals surface area contributed by atoms with Crippen molar-refractivity contribution < 1.29 is 4.74 Å². The molecule has 78 valence electrons. The van der Waals surface area contributed by atoms with Gasteiger partial charge in [0, 0.05) is 5.54 Å². The van der Waals surface area contributed by atoms with Crippen molar-refractivity contribution in [3.8, 4) is 5.75 Å². The lowest BCUT2D eigenvalue weighted by molar-refractivity contribution is 0.408. The summed E-state index contributed by atoms with van der Waals surface area (Å²) < 4.78 is 5.31. The van der Waals surface area contributed by atoms with Crippen LogP contribution in [0.2, 0.25) is 0 Å². The predicted octanol–water partition coefficient (Wildman–Crippen LogP) is 2.51. The number of aryl methyl sites for hydroxylation is 1. The molecule has 1 rings (SSSR count). The van der Waals surface area contributed by atoms with E-state index in [0.29, 0.717) is 0 Å². The van der Waals surface area contributed by atoms with Crippen LogP contribution < -0.4 is 10.5 Å². The van der Waals surface area contributed by atoms with Crippen LogP contribution in [0, 0.1) is 13.8 Å². The second-order valence-corrected chi connectivity index (χ2v) is 4.34. The maximum absolute atomic E-state index is 6.04. The third-order valence-electron chi connectivity index (χ3n) is 2.58. The van der Waals surface area contributed by atoms with Crippen LogP contribution in [-0.4, -0.2) is 7.11 Å². The average Bonchev–Trinajstić information content (AvgIpc) is 2.07. The maximum Gasteiger partial charge on any atom is 0.122 e. The highest BCUT2D eigenvalue weighted by molar-refractivity contribution is 5.44. The highest BCUT2D eigenvalue weighted by atomic mass is 16.5. The Morgan fingerprint density at radius 1 is 1.21 bits per heavy atom. The molecule has 0 unspecified atom stereocenters. The minimum absolute atomic E-state index is 0.314. The zero-order valence-electron chi connectivity index (χ0n) is 9.64. The average molecular weight is 193 g/mol. The highest BCUT2D eigenvalue weighted by Crippen LogP contribution is 2.27. The minimum Gasteiger partial charge on any atom is -0.496 e. The van der Waals surface area contributed by atoms with Crippen molar-refractivity contribution in [3.63, 3.8) is 0 Å². The van der Waals surface area contributed by atoms with E-state index in [9.17, 15) is 0 Å². The van der Waals surface area contributed by atoms with E-state index >= 15 is 0 Å². The number of benzene rings is 1. The first-order chi connectivity index (χ1) is 6.36. The summed E-state index contributed by atoms with van der Waals surface area (Å²) in [6.45, 7) is 8.13. The van der Waals surface area contributed by atoms with Crippen molar-refractivity contribution in [2.24, 2.45) is 5.73 Å². The lowest BCUT2D eigenvalue weighted by atomic mass is 9.92. The van der Waals surface area contributed by atoms with Crippen LogP contribution in [-0.2, 0) is 5.54 Å². The fraction of sp³-hybridized carbons (Fsp3) is 0.500. The van der Waals surface area contributed by atoms with Crippen molar-refractivity contribution in [1.29, 1.82) is 0 Å². The molecule has 0 saturated carbocycles. The van der Waals surface area contributed by atoms with Crippen LogP contribution in [0.1, 0.15) is 30.5 Å². The molecular formula is C12H19NO. The quantitative estimate of drug-likeness (QED) is 0.783. The molecule has 1 aromatic carbocycles. The Kier molecular flexibility index (Phi) is 2.86. The number of ether oxygens (including phenoxy) is 1. The third kappa shape index (κ3) is 2.07. The molecular weight excluding hydrogens is 174 g/mol. The van der Waals surface area contributed by atoms with Crippen LogP contribution in [0.5, 0.6) is 5.75 Å². The van der Waals surface area contributed by atoms with E-state index in [4.69, 9.17) is 10.5 Å². The summed E-state index contributed by atoms with van der Waals surface area (Å²) in [6.07, 6.45) is 0. The number of hydrogen-bond acceptors (Lipinski definition) is 2. The molecule has 0 saturated heterocycles. The number of hydrogen-bond donors (Lipinski definition) is 1. The third-order valence-corrected chi connectivity index (χ3v) is 2.58. The predicted molar refractivity (Wildman–Crippen MR) is 59.7 cm³/mol. The second kappa shape index (κ2) is 3.62. The zero-order valence-corrected chi connectivity index (χ0v) is 9.64. The van der Waals surface area contributed by atoms with Gasteiger partial charge in [0.15, 0.2) is 0 Å². The first-order valence-electron chi connectivity index (χ1n) is 4.81. The van der Waals surface area contributed by atoms with Gasteiger partial charge in [0.05, 0.1) is 7.11 Å². The van der Waals surface area contributed by atoms with Crippen molar-refractivity contribution in [3.05, 3.63) is 28.8 Å². The van der Waals surface area contributed by atoms with Gasteiger partial charge in [-0.3, -0.25) is 0 Å². The number of methoxy groups -OCH3 is 1. The Morgan fingerprint density at radius 3 is 2.21 bits per heavy atom. The monoisotopic (exact) mass is 193 g/mol. The van der Waals surface area contributed by atoms with Crippen LogP contribution in [0.4, 0.5) is 0 Å². The Hall–Kier alpha value is -1.02. The van der Waals surface area contributed by atoms with Gasteiger partial charge in [-0.1, -0.05) is 6.07 Å². The lowest BCUT2D eigenvalue weighted by Crippen LogP contribution is -2.28. The molecule has 0 heterocycles. The fourth-order valence-corrected chi connectivity index (χ4v) is 1.41. The van der Waals surface area contributed by atoms with Crippen molar-refractivity contribution in [2.45, 2.75) is 33.2 Å². The van der Waals surface area contributed by atoms with Crippen LogP contribution in [0.15, 0.2) is 12.1 Å². The van der Waals surface area contributed by atoms with Gasteiger partial charge in [0.2, 0.25) is 0 Å². The molecule has 0 aliphatic heterocycles. The summed E-state index contributed by atoms with van der Waals surface area (Å²) >= 11 is 0. The lowest BCUT2D eigenvalue weighted by Gasteiger charge is -2.21. The van der Waals surface area contributed by atoms with E-state index in [1.165, 1.54) is 11.1 Å². The van der Waals surface area contributed by atoms with E-state index in [2.05, 4.69) is 19.9 Å². The van der Waals surface area contributed by atoms with Gasteiger partial charge < -0.3 is 10.5 Å². The van der Waals surface area contributed by atoms with Crippen LogP contribution >= 0.6 is 0 Å². The van der Waals surface area contributed by atoms with E-state index in [1.807, 2.05) is 19.9 Å². The van der Waals surface area contributed by atoms with E-state index in [0.717, 1.165) is 11.3 Å². The van der Waals surface area contributed by atoms with Gasteiger partial charge in [-0.15, -0.1) is 0 Å². The van der Waals surface area contributed by atoms with Crippen molar-refractivity contribution in [1.82, 2.24) is 0 Å². The molecule has 14 heavy (non-hydrogen) atoms. The molecule has 0 atom stereocenters. The molecule has 0 fully saturated rings. The van der Waals surface area contributed by atoms with Crippen molar-refractivity contribution in [2.75, 3.05) is 7.11 Å².